The van der Waals surface area contributed by atoms with E-state index in [-0.39, 0.29) is 10.8 Å². The van der Waals surface area contributed by atoms with E-state index in [1.165, 1.54) is 12.1 Å². The number of sulfonamides is 1. The first kappa shape index (κ1) is 16.3. The molecule has 0 saturated heterocycles. The zero-order valence-corrected chi connectivity index (χ0v) is 14.8. The van der Waals surface area contributed by atoms with Crippen molar-refractivity contribution in [2.24, 2.45) is 0 Å². The van der Waals surface area contributed by atoms with Gasteiger partial charge in [-0.15, -0.1) is 0 Å². The van der Waals surface area contributed by atoms with Crippen LogP contribution in [-0.2, 0) is 10.0 Å². The lowest BCUT2D eigenvalue weighted by Crippen LogP contribution is -2.14. The summed E-state index contributed by atoms with van der Waals surface area (Å²) >= 11 is 9.13. The smallest absolute Gasteiger partial charge is 0.261 e. The van der Waals surface area contributed by atoms with Crippen LogP contribution in [0, 0.1) is 0 Å². The molecule has 2 aromatic rings. The molecule has 0 aliphatic rings. The predicted molar refractivity (Wildman–Crippen MR) is 90.5 cm³/mol. The monoisotopic (exact) mass is 387 g/mol. The second kappa shape index (κ2) is 6.38. The minimum absolute atomic E-state index is 0.164. The molecule has 21 heavy (non-hydrogen) atoms. The predicted octanol–water partition coefficient (Wildman–Crippen LogP) is 5.03. The Kier molecular flexibility index (Phi) is 4.96. The van der Waals surface area contributed by atoms with Crippen LogP contribution < -0.4 is 4.72 Å². The summed E-state index contributed by atoms with van der Waals surface area (Å²) in [7, 11) is -3.65. The summed E-state index contributed by atoms with van der Waals surface area (Å²) in [6.45, 7) is 4.04. The standard InChI is InChI=1S/C15H15BrClNO2S/c1-10(2)12-5-3-4-6-15(12)18-21(19,20)11-7-8-14(17)13(16)9-11/h3-10,18H,1-2H3. The summed E-state index contributed by atoms with van der Waals surface area (Å²) in [6, 6.07) is 11.9. The number of para-hydroxylation sites is 1. The van der Waals surface area contributed by atoms with Crippen LogP contribution >= 0.6 is 27.5 Å². The van der Waals surface area contributed by atoms with Crippen molar-refractivity contribution in [3.05, 3.63) is 57.5 Å². The van der Waals surface area contributed by atoms with Crippen LogP contribution in [0.25, 0.3) is 0 Å². The second-order valence-electron chi connectivity index (χ2n) is 4.92. The molecule has 0 amide bonds. The summed E-state index contributed by atoms with van der Waals surface area (Å²) in [4.78, 5) is 0.164. The van der Waals surface area contributed by atoms with Crippen molar-refractivity contribution < 1.29 is 8.42 Å². The van der Waals surface area contributed by atoms with Crippen molar-refractivity contribution in [3.63, 3.8) is 0 Å². The highest BCUT2D eigenvalue weighted by atomic mass is 79.9. The number of benzene rings is 2. The first-order valence-electron chi connectivity index (χ1n) is 6.38. The van der Waals surface area contributed by atoms with Crippen LogP contribution in [0.1, 0.15) is 25.3 Å². The van der Waals surface area contributed by atoms with E-state index in [9.17, 15) is 8.42 Å². The van der Waals surface area contributed by atoms with E-state index in [0.29, 0.717) is 15.2 Å². The zero-order valence-electron chi connectivity index (χ0n) is 11.6. The van der Waals surface area contributed by atoms with E-state index >= 15 is 0 Å². The molecular formula is C15H15BrClNO2S. The third kappa shape index (κ3) is 3.78. The molecule has 112 valence electrons. The third-order valence-electron chi connectivity index (χ3n) is 3.03. The lowest BCUT2D eigenvalue weighted by atomic mass is 10.0. The van der Waals surface area contributed by atoms with Crippen molar-refractivity contribution >= 4 is 43.2 Å². The molecule has 0 spiro atoms. The van der Waals surface area contributed by atoms with Gasteiger partial charge >= 0.3 is 0 Å². The molecule has 6 heteroatoms. The Morgan fingerprint density at radius 3 is 2.43 bits per heavy atom. The minimum atomic E-state index is -3.65. The fraction of sp³-hybridized carbons (Fsp3) is 0.200. The molecule has 0 bridgehead atoms. The minimum Gasteiger partial charge on any atom is -0.279 e. The van der Waals surface area contributed by atoms with Crippen LogP contribution in [0.5, 0.6) is 0 Å². The van der Waals surface area contributed by atoms with Gasteiger partial charge in [0, 0.05) is 4.47 Å². The van der Waals surface area contributed by atoms with Crippen LogP contribution in [-0.4, -0.2) is 8.42 Å². The SMILES string of the molecule is CC(C)c1ccccc1NS(=O)(=O)c1ccc(Cl)c(Br)c1. The van der Waals surface area contributed by atoms with Gasteiger partial charge in [0.25, 0.3) is 10.0 Å². The fourth-order valence-corrected chi connectivity index (χ4v) is 3.70. The number of halogens is 2. The van der Waals surface area contributed by atoms with Crippen LogP contribution in [0.4, 0.5) is 5.69 Å². The number of anilines is 1. The van der Waals surface area contributed by atoms with Gasteiger partial charge in [0.2, 0.25) is 0 Å². The van der Waals surface area contributed by atoms with Gasteiger partial charge in [-0.05, 0) is 51.7 Å². The number of rotatable bonds is 4. The van der Waals surface area contributed by atoms with Gasteiger partial charge in [-0.3, -0.25) is 4.72 Å². The molecule has 0 aliphatic carbocycles. The van der Waals surface area contributed by atoms with E-state index in [1.807, 2.05) is 32.0 Å². The Labute approximate surface area is 138 Å². The summed E-state index contributed by atoms with van der Waals surface area (Å²) in [5.41, 5.74) is 1.55. The maximum absolute atomic E-state index is 12.5. The Hall–Kier alpha value is -1.04. The molecule has 0 aromatic heterocycles. The van der Waals surface area contributed by atoms with Crippen molar-refractivity contribution in [2.45, 2.75) is 24.7 Å². The molecule has 0 radical (unpaired) electrons. The van der Waals surface area contributed by atoms with Gasteiger partial charge in [-0.25, -0.2) is 8.42 Å². The molecule has 0 heterocycles. The van der Waals surface area contributed by atoms with Gasteiger partial charge < -0.3 is 0 Å². The lowest BCUT2D eigenvalue weighted by Gasteiger charge is -2.15. The van der Waals surface area contributed by atoms with E-state index in [0.717, 1.165) is 5.56 Å². The van der Waals surface area contributed by atoms with E-state index in [2.05, 4.69) is 20.7 Å². The van der Waals surface area contributed by atoms with E-state index in [1.54, 1.807) is 12.1 Å². The Bertz CT molecular complexity index is 760. The Morgan fingerprint density at radius 2 is 1.81 bits per heavy atom. The van der Waals surface area contributed by atoms with E-state index < -0.39 is 10.0 Å². The number of hydrogen-bond donors (Lipinski definition) is 1. The molecule has 0 atom stereocenters. The molecule has 2 rings (SSSR count). The van der Waals surface area contributed by atoms with Gasteiger partial charge in [-0.2, -0.15) is 0 Å². The van der Waals surface area contributed by atoms with Crippen molar-refractivity contribution in [2.75, 3.05) is 4.72 Å². The van der Waals surface area contributed by atoms with Crippen molar-refractivity contribution in [3.8, 4) is 0 Å². The average Bonchev–Trinajstić information content (AvgIpc) is 2.41. The lowest BCUT2D eigenvalue weighted by molar-refractivity contribution is 0.601. The molecular weight excluding hydrogens is 374 g/mol. The fourth-order valence-electron chi connectivity index (χ4n) is 1.94. The first-order valence-corrected chi connectivity index (χ1v) is 9.03. The highest BCUT2D eigenvalue weighted by Gasteiger charge is 2.17. The van der Waals surface area contributed by atoms with Gasteiger partial charge in [0.15, 0.2) is 0 Å². The average molecular weight is 389 g/mol. The van der Waals surface area contributed by atoms with Crippen molar-refractivity contribution in [1.29, 1.82) is 0 Å². The molecule has 3 nitrogen and oxygen atoms in total. The molecule has 2 aromatic carbocycles. The molecule has 0 saturated carbocycles. The quantitative estimate of drug-likeness (QED) is 0.798. The van der Waals surface area contributed by atoms with Crippen LogP contribution in [0.3, 0.4) is 0 Å². The number of nitrogens with one attached hydrogen (secondary N) is 1. The summed E-state index contributed by atoms with van der Waals surface area (Å²) in [5.74, 6) is 0.223. The second-order valence-corrected chi connectivity index (χ2v) is 7.87. The highest BCUT2D eigenvalue weighted by Crippen LogP contribution is 2.29. The summed E-state index contributed by atoms with van der Waals surface area (Å²) in [6.07, 6.45) is 0. The van der Waals surface area contributed by atoms with Crippen molar-refractivity contribution in [1.82, 2.24) is 0 Å². The number of hydrogen-bond acceptors (Lipinski definition) is 2. The van der Waals surface area contributed by atoms with Crippen LogP contribution in [0.15, 0.2) is 51.8 Å². The van der Waals surface area contributed by atoms with E-state index in [4.69, 9.17) is 11.6 Å². The Morgan fingerprint density at radius 1 is 1.14 bits per heavy atom. The topological polar surface area (TPSA) is 46.2 Å². The zero-order chi connectivity index (χ0) is 15.6. The highest BCUT2D eigenvalue weighted by molar-refractivity contribution is 9.10. The van der Waals surface area contributed by atoms with Gasteiger partial charge in [0.1, 0.15) is 0 Å². The van der Waals surface area contributed by atoms with Gasteiger partial charge in [0.05, 0.1) is 15.6 Å². The maximum Gasteiger partial charge on any atom is 0.261 e. The van der Waals surface area contributed by atoms with Gasteiger partial charge in [-0.1, -0.05) is 43.6 Å². The molecule has 0 aliphatic heterocycles. The Balaban J connectivity index is 2.40. The molecule has 1 N–H and O–H groups in total. The maximum atomic E-state index is 12.5. The third-order valence-corrected chi connectivity index (χ3v) is 5.61. The largest absolute Gasteiger partial charge is 0.279 e. The normalized spacial score (nSPS) is 11.7. The summed E-state index contributed by atoms with van der Waals surface area (Å²) < 4.78 is 28.1. The molecule has 0 unspecified atom stereocenters. The summed E-state index contributed by atoms with van der Waals surface area (Å²) in [5, 5.41) is 0.469. The molecule has 0 fully saturated rings. The first-order chi connectivity index (χ1) is 9.81. The van der Waals surface area contributed by atoms with Crippen LogP contribution in [0.2, 0.25) is 5.02 Å².